The van der Waals surface area contributed by atoms with E-state index in [4.69, 9.17) is 0 Å². The molecule has 2 aromatic carbocycles. The largest absolute Gasteiger partial charge is 0.294 e. The molecule has 0 bridgehead atoms. The molecule has 4 aromatic rings. The van der Waals surface area contributed by atoms with Crippen LogP contribution in [0.1, 0.15) is 69.6 Å². The molecule has 0 spiro atoms. The van der Waals surface area contributed by atoms with Gasteiger partial charge in [-0.1, -0.05) is 80.2 Å². The second-order valence-electron chi connectivity index (χ2n) is 8.67. The molecule has 0 N–H and O–H groups in total. The molecule has 2 aromatic heterocycles. The van der Waals surface area contributed by atoms with Crippen LogP contribution in [0.25, 0.3) is 5.78 Å². The lowest BCUT2D eigenvalue weighted by Gasteiger charge is -2.23. The monoisotopic (exact) mass is 456 g/mol. The number of fused-ring (bicyclic) bond motifs is 2. The van der Waals surface area contributed by atoms with Crippen molar-refractivity contribution in [3.8, 4) is 0 Å². The van der Waals surface area contributed by atoms with E-state index in [1.54, 1.807) is 22.8 Å². The van der Waals surface area contributed by atoms with Gasteiger partial charge in [0.05, 0.1) is 17.0 Å². The smallest absolute Gasteiger partial charge is 0.253 e. The van der Waals surface area contributed by atoms with Gasteiger partial charge in [0.25, 0.3) is 5.78 Å². The molecule has 0 radical (unpaired) electrons. The summed E-state index contributed by atoms with van der Waals surface area (Å²) < 4.78 is 1.55. The average molecular weight is 457 g/mol. The zero-order valence-electron chi connectivity index (χ0n) is 18.6. The molecule has 6 nitrogen and oxygen atoms in total. The molecule has 0 saturated carbocycles. The van der Waals surface area contributed by atoms with Crippen LogP contribution in [0.2, 0.25) is 0 Å². The Bertz CT molecular complexity index is 1330. The summed E-state index contributed by atoms with van der Waals surface area (Å²) >= 11 is 1.28. The number of nitrogens with zero attached hydrogens (tertiary/aromatic N) is 4. The minimum Gasteiger partial charge on any atom is -0.294 e. The molecule has 33 heavy (non-hydrogen) atoms. The van der Waals surface area contributed by atoms with Crippen molar-refractivity contribution in [2.24, 2.45) is 0 Å². The molecule has 5 rings (SSSR count). The Labute approximate surface area is 196 Å². The Balaban J connectivity index is 1.35. The fraction of sp³-hybridized carbons (Fsp3) is 0.269. The Morgan fingerprint density at radius 3 is 2.55 bits per heavy atom. The molecule has 7 heteroatoms. The third kappa shape index (κ3) is 4.46. The van der Waals surface area contributed by atoms with E-state index in [1.165, 1.54) is 17.3 Å². The number of hydrogen-bond donors (Lipinski definition) is 0. The molecular formula is C26H24N4O2S. The van der Waals surface area contributed by atoms with Crippen LogP contribution < -0.4 is 0 Å². The van der Waals surface area contributed by atoms with E-state index >= 15 is 0 Å². The number of hydrogen-bond acceptors (Lipinski definition) is 6. The van der Waals surface area contributed by atoms with Gasteiger partial charge in [0, 0.05) is 18.2 Å². The minimum absolute atomic E-state index is 0.0215. The summed E-state index contributed by atoms with van der Waals surface area (Å²) in [6.45, 7) is 4.35. The van der Waals surface area contributed by atoms with Crippen molar-refractivity contribution in [2.45, 2.75) is 43.7 Å². The molecule has 1 aliphatic rings. The summed E-state index contributed by atoms with van der Waals surface area (Å²) in [6, 6.07) is 17.7. The zero-order valence-corrected chi connectivity index (χ0v) is 19.4. The summed E-state index contributed by atoms with van der Waals surface area (Å²) in [5, 5.41) is 4.90. The van der Waals surface area contributed by atoms with E-state index in [2.05, 4.69) is 53.2 Å². The fourth-order valence-electron chi connectivity index (χ4n) is 4.15. The van der Waals surface area contributed by atoms with Crippen LogP contribution >= 0.6 is 11.8 Å². The van der Waals surface area contributed by atoms with Gasteiger partial charge in [-0.3, -0.25) is 9.59 Å². The van der Waals surface area contributed by atoms with Gasteiger partial charge >= 0.3 is 0 Å². The van der Waals surface area contributed by atoms with Crippen LogP contribution in [0.3, 0.4) is 0 Å². The maximum atomic E-state index is 12.9. The highest BCUT2D eigenvalue weighted by atomic mass is 32.2. The van der Waals surface area contributed by atoms with E-state index in [9.17, 15) is 9.59 Å². The van der Waals surface area contributed by atoms with Crippen LogP contribution in [0.5, 0.6) is 0 Å². The lowest BCUT2D eigenvalue weighted by Crippen LogP contribution is -2.21. The molecule has 0 fully saturated rings. The lowest BCUT2D eigenvalue weighted by atomic mass is 9.81. The van der Waals surface area contributed by atoms with Crippen molar-refractivity contribution in [1.29, 1.82) is 0 Å². The van der Waals surface area contributed by atoms with Crippen molar-refractivity contribution in [3.05, 3.63) is 88.7 Å². The van der Waals surface area contributed by atoms with E-state index in [-0.39, 0.29) is 23.2 Å². The molecule has 0 amide bonds. The van der Waals surface area contributed by atoms with Crippen LogP contribution in [0.15, 0.2) is 66.0 Å². The first kappa shape index (κ1) is 21.5. The van der Waals surface area contributed by atoms with Crippen LogP contribution in [-0.4, -0.2) is 36.9 Å². The van der Waals surface area contributed by atoms with Crippen molar-refractivity contribution >= 4 is 29.1 Å². The van der Waals surface area contributed by atoms with Gasteiger partial charge in [0.2, 0.25) is 5.16 Å². The van der Waals surface area contributed by atoms with Crippen LogP contribution in [-0.2, 0) is 6.42 Å². The highest BCUT2D eigenvalue weighted by Crippen LogP contribution is 2.33. The van der Waals surface area contributed by atoms with E-state index in [0.717, 1.165) is 11.3 Å². The first-order valence-electron chi connectivity index (χ1n) is 11.1. The number of carbonyl (C=O) groups excluding carboxylic acids is 2. The Morgan fingerprint density at radius 1 is 1.06 bits per heavy atom. The summed E-state index contributed by atoms with van der Waals surface area (Å²) in [5.41, 5.74) is 4.50. The summed E-state index contributed by atoms with van der Waals surface area (Å²) in [6.07, 6.45) is 2.89. The first-order valence-corrected chi connectivity index (χ1v) is 12.1. The summed E-state index contributed by atoms with van der Waals surface area (Å²) in [4.78, 5) is 34.4. The van der Waals surface area contributed by atoms with Gasteiger partial charge in [-0.25, -0.2) is 9.50 Å². The first-order chi connectivity index (χ1) is 16.0. The van der Waals surface area contributed by atoms with E-state index in [0.29, 0.717) is 40.8 Å². The third-order valence-electron chi connectivity index (χ3n) is 6.07. The topological polar surface area (TPSA) is 77.2 Å². The van der Waals surface area contributed by atoms with Crippen LogP contribution in [0, 0.1) is 0 Å². The van der Waals surface area contributed by atoms with Crippen molar-refractivity contribution in [1.82, 2.24) is 19.6 Å². The second-order valence-corrected chi connectivity index (χ2v) is 9.61. The molecule has 0 saturated heterocycles. The number of benzene rings is 2. The van der Waals surface area contributed by atoms with Gasteiger partial charge < -0.3 is 0 Å². The second kappa shape index (κ2) is 8.90. The maximum Gasteiger partial charge on any atom is 0.253 e. The van der Waals surface area contributed by atoms with Gasteiger partial charge in [0.15, 0.2) is 11.6 Å². The van der Waals surface area contributed by atoms with Crippen molar-refractivity contribution in [3.63, 3.8) is 0 Å². The Kier molecular flexibility index (Phi) is 5.81. The number of aromatic nitrogens is 4. The maximum absolute atomic E-state index is 12.9. The third-order valence-corrected chi connectivity index (χ3v) is 6.90. The summed E-state index contributed by atoms with van der Waals surface area (Å²) in [7, 11) is 0. The molecular weight excluding hydrogens is 432 g/mol. The highest BCUT2D eigenvalue weighted by molar-refractivity contribution is 7.99. The highest BCUT2D eigenvalue weighted by Gasteiger charge is 2.28. The van der Waals surface area contributed by atoms with Crippen molar-refractivity contribution < 1.29 is 9.59 Å². The van der Waals surface area contributed by atoms with Crippen LogP contribution in [0.4, 0.5) is 0 Å². The number of thioether (sulfide) groups is 1. The quantitative estimate of drug-likeness (QED) is 0.295. The molecule has 1 atom stereocenters. The van der Waals surface area contributed by atoms with Crippen molar-refractivity contribution in [2.75, 3.05) is 5.75 Å². The van der Waals surface area contributed by atoms with E-state index < -0.39 is 0 Å². The van der Waals surface area contributed by atoms with E-state index in [1.807, 2.05) is 18.2 Å². The average Bonchev–Trinajstić information content (AvgIpc) is 3.23. The Morgan fingerprint density at radius 2 is 1.82 bits per heavy atom. The van der Waals surface area contributed by atoms with Gasteiger partial charge in [-0.15, -0.1) is 5.10 Å². The fourth-order valence-corrected chi connectivity index (χ4v) is 4.87. The SMILES string of the molecule is CC(C)c1ccc(C2CC(=O)c3cn4nc(SCC(=O)c5ccccc5)nc4nc3C2)cc1. The van der Waals surface area contributed by atoms with Gasteiger partial charge in [-0.2, -0.15) is 4.98 Å². The predicted molar refractivity (Wildman–Crippen MR) is 128 cm³/mol. The molecule has 1 aliphatic carbocycles. The molecule has 2 heterocycles. The zero-order chi connectivity index (χ0) is 22.9. The number of ketones is 2. The molecule has 166 valence electrons. The normalized spacial score (nSPS) is 15.7. The molecule has 0 aliphatic heterocycles. The van der Waals surface area contributed by atoms with Gasteiger partial charge in [0.1, 0.15) is 0 Å². The number of Topliss-reactive ketones (excluding diaryl/α,β-unsaturated/α-hetero) is 2. The Hall–Kier alpha value is -3.32. The minimum atomic E-state index is 0.0215. The predicted octanol–water partition coefficient (Wildman–Crippen LogP) is 5.14. The summed E-state index contributed by atoms with van der Waals surface area (Å²) in [5.74, 6) is 1.38. The number of rotatable bonds is 6. The number of carbonyl (C=O) groups is 2. The molecule has 1 unspecified atom stereocenters. The standard InChI is InChI=1S/C26H24N4O2S/c1-16(2)17-8-10-18(11-9-17)20-12-22-21(23(31)13-20)14-30-25(27-22)28-26(29-30)33-15-24(32)19-6-4-3-5-7-19/h3-11,14,16,20H,12-13,15H2,1-2H3. The van der Waals surface area contributed by atoms with Gasteiger partial charge in [-0.05, 0) is 29.4 Å². The lowest BCUT2D eigenvalue weighted by molar-refractivity contribution is 0.0961.